The van der Waals surface area contributed by atoms with E-state index in [0.29, 0.717) is 16.5 Å². The number of carbonyl (C=O) groups is 1. The van der Waals surface area contributed by atoms with Crippen LogP contribution in [0.3, 0.4) is 0 Å². The van der Waals surface area contributed by atoms with E-state index in [1.807, 2.05) is 40.0 Å². The van der Waals surface area contributed by atoms with E-state index in [9.17, 15) is 4.79 Å². The Balaban J connectivity index is 1.98. The van der Waals surface area contributed by atoms with Gasteiger partial charge < -0.3 is 0 Å². The summed E-state index contributed by atoms with van der Waals surface area (Å²) in [7, 11) is 0. The molecule has 8 heteroatoms. The summed E-state index contributed by atoms with van der Waals surface area (Å²) < 4.78 is 2.66. The molecule has 0 fully saturated rings. The molecule has 0 aliphatic heterocycles. The number of anilines is 1. The Bertz CT molecular complexity index is 899. The van der Waals surface area contributed by atoms with Gasteiger partial charge in [-0.25, -0.2) is 4.98 Å². The summed E-state index contributed by atoms with van der Waals surface area (Å²) in [6.07, 6.45) is 1.90. The zero-order chi connectivity index (χ0) is 16.7. The molecule has 0 atom stereocenters. The topological polar surface area (TPSA) is 72.2 Å². The quantitative estimate of drug-likeness (QED) is 0.731. The van der Waals surface area contributed by atoms with E-state index < -0.39 is 0 Å². The van der Waals surface area contributed by atoms with Crippen LogP contribution in [0.1, 0.15) is 46.5 Å². The molecule has 3 heterocycles. The predicted octanol–water partition coefficient (Wildman–Crippen LogP) is 3.94. The van der Waals surface area contributed by atoms with E-state index >= 15 is 0 Å². The van der Waals surface area contributed by atoms with Gasteiger partial charge in [0.05, 0.1) is 10.2 Å². The third-order valence-electron chi connectivity index (χ3n) is 3.36. The number of imidazole rings is 1. The van der Waals surface area contributed by atoms with Crippen LogP contribution >= 0.6 is 27.3 Å². The zero-order valence-corrected chi connectivity index (χ0v) is 15.6. The van der Waals surface area contributed by atoms with E-state index in [1.165, 1.54) is 11.3 Å². The molecule has 0 aliphatic rings. The molecular weight excluding hydrogens is 378 g/mol. The SMILES string of the molecule is Cc1cc(Br)c2nc(C)c(C(=O)Nc3nnc(C(C)C)s3)n2c1. The second-order valence-electron chi connectivity index (χ2n) is 5.66. The fourth-order valence-electron chi connectivity index (χ4n) is 2.29. The Hall–Kier alpha value is -1.80. The smallest absolute Gasteiger partial charge is 0.276 e. The van der Waals surface area contributed by atoms with Crippen molar-refractivity contribution in [2.45, 2.75) is 33.6 Å². The highest BCUT2D eigenvalue weighted by atomic mass is 79.9. The Labute approximate surface area is 146 Å². The number of hydrogen-bond donors (Lipinski definition) is 1. The maximum Gasteiger partial charge on any atom is 0.276 e. The number of aryl methyl sites for hydroxylation is 2. The van der Waals surface area contributed by atoms with Gasteiger partial charge in [0.2, 0.25) is 5.13 Å². The number of pyridine rings is 1. The first-order valence-corrected chi connectivity index (χ1v) is 8.77. The monoisotopic (exact) mass is 393 g/mol. The van der Waals surface area contributed by atoms with Gasteiger partial charge in [-0.15, -0.1) is 10.2 Å². The van der Waals surface area contributed by atoms with Gasteiger partial charge in [-0.2, -0.15) is 0 Å². The van der Waals surface area contributed by atoms with E-state index in [1.54, 1.807) is 4.40 Å². The summed E-state index contributed by atoms with van der Waals surface area (Å²) >= 11 is 4.89. The second-order valence-corrected chi connectivity index (χ2v) is 7.52. The minimum absolute atomic E-state index is 0.237. The summed E-state index contributed by atoms with van der Waals surface area (Å²) in [4.78, 5) is 17.1. The lowest BCUT2D eigenvalue weighted by atomic mass is 10.2. The molecule has 3 rings (SSSR count). The first-order valence-electron chi connectivity index (χ1n) is 7.16. The minimum atomic E-state index is -0.237. The molecule has 0 bridgehead atoms. The molecule has 0 aromatic carbocycles. The third kappa shape index (κ3) is 3.00. The van der Waals surface area contributed by atoms with Crippen LogP contribution in [0, 0.1) is 13.8 Å². The number of aromatic nitrogens is 4. The van der Waals surface area contributed by atoms with Crippen LogP contribution < -0.4 is 5.32 Å². The Morgan fingerprint density at radius 1 is 1.35 bits per heavy atom. The average molecular weight is 394 g/mol. The Morgan fingerprint density at radius 2 is 2.09 bits per heavy atom. The molecule has 1 N–H and O–H groups in total. The number of carbonyl (C=O) groups excluding carboxylic acids is 1. The van der Waals surface area contributed by atoms with E-state index in [4.69, 9.17) is 0 Å². The Kier molecular flexibility index (Phi) is 4.20. The van der Waals surface area contributed by atoms with E-state index in [2.05, 4.69) is 36.4 Å². The fourth-order valence-corrected chi connectivity index (χ4v) is 3.68. The van der Waals surface area contributed by atoms with Crippen molar-refractivity contribution in [3.05, 3.63) is 38.7 Å². The molecular formula is C15H16BrN5OS. The van der Waals surface area contributed by atoms with E-state index in [-0.39, 0.29) is 11.8 Å². The number of rotatable bonds is 3. The maximum atomic E-state index is 12.7. The lowest BCUT2D eigenvalue weighted by Crippen LogP contribution is -2.15. The van der Waals surface area contributed by atoms with Crippen molar-refractivity contribution in [3.63, 3.8) is 0 Å². The van der Waals surface area contributed by atoms with Crippen molar-refractivity contribution in [1.82, 2.24) is 19.6 Å². The van der Waals surface area contributed by atoms with Gasteiger partial charge in [0.1, 0.15) is 10.7 Å². The standard InChI is InChI=1S/C15H16BrN5OS/c1-7(2)14-19-20-15(23-14)18-13(22)11-9(4)17-12-10(16)5-8(3)6-21(11)12/h5-7H,1-4H3,(H,18,20,22). The number of amides is 1. The summed E-state index contributed by atoms with van der Waals surface area (Å²) in [6, 6.07) is 1.98. The van der Waals surface area contributed by atoms with Gasteiger partial charge in [0.15, 0.2) is 5.65 Å². The van der Waals surface area contributed by atoms with Crippen LogP contribution in [-0.4, -0.2) is 25.5 Å². The summed E-state index contributed by atoms with van der Waals surface area (Å²) in [5, 5.41) is 12.3. The Morgan fingerprint density at radius 3 is 2.74 bits per heavy atom. The number of nitrogens with zero attached hydrogens (tertiary/aromatic N) is 4. The maximum absolute atomic E-state index is 12.7. The van der Waals surface area contributed by atoms with Gasteiger partial charge in [-0.05, 0) is 41.4 Å². The summed E-state index contributed by atoms with van der Waals surface area (Å²) in [6.45, 7) is 7.88. The van der Waals surface area contributed by atoms with Crippen LogP contribution in [-0.2, 0) is 0 Å². The van der Waals surface area contributed by atoms with E-state index in [0.717, 1.165) is 20.7 Å². The van der Waals surface area contributed by atoms with Gasteiger partial charge in [-0.3, -0.25) is 14.5 Å². The van der Waals surface area contributed by atoms with Crippen LogP contribution in [0.25, 0.3) is 5.65 Å². The minimum Gasteiger partial charge on any atom is -0.295 e. The molecule has 1 amide bonds. The van der Waals surface area contributed by atoms with Crippen LogP contribution in [0.5, 0.6) is 0 Å². The molecule has 3 aromatic heterocycles. The molecule has 0 saturated heterocycles. The second kappa shape index (κ2) is 6.01. The number of hydrogen-bond acceptors (Lipinski definition) is 5. The lowest BCUT2D eigenvalue weighted by Gasteiger charge is -2.04. The van der Waals surface area contributed by atoms with Crippen molar-refractivity contribution in [2.75, 3.05) is 5.32 Å². The molecule has 0 unspecified atom stereocenters. The van der Waals surface area contributed by atoms with Crippen molar-refractivity contribution in [1.29, 1.82) is 0 Å². The van der Waals surface area contributed by atoms with Crippen LogP contribution in [0.15, 0.2) is 16.7 Å². The zero-order valence-electron chi connectivity index (χ0n) is 13.2. The van der Waals surface area contributed by atoms with Crippen molar-refractivity contribution in [2.24, 2.45) is 0 Å². The number of nitrogens with one attached hydrogen (secondary N) is 1. The van der Waals surface area contributed by atoms with Crippen molar-refractivity contribution >= 4 is 44.0 Å². The van der Waals surface area contributed by atoms with Crippen LogP contribution in [0.4, 0.5) is 5.13 Å². The molecule has 0 radical (unpaired) electrons. The van der Waals surface area contributed by atoms with Gasteiger partial charge in [0, 0.05) is 12.1 Å². The largest absolute Gasteiger partial charge is 0.295 e. The summed E-state index contributed by atoms with van der Waals surface area (Å²) in [5.41, 5.74) is 2.93. The third-order valence-corrected chi connectivity index (χ3v) is 5.08. The first kappa shape index (κ1) is 16.1. The van der Waals surface area contributed by atoms with Crippen molar-refractivity contribution < 1.29 is 4.79 Å². The molecule has 120 valence electrons. The van der Waals surface area contributed by atoms with Gasteiger partial charge in [-0.1, -0.05) is 25.2 Å². The van der Waals surface area contributed by atoms with Crippen molar-refractivity contribution in [3.8, 4) is 0 Å². The molecule has 6 nitrogen and oxygen atoms in total. The predicted molar refractivity (Wildman–Crippen MR) is 94.3 cm³/mol. The first-order chi connectivity index (χ1) is 10.9. The highest BCUT2D eigenvalue weighted by molar-refractivity contribution is 9.10. The fraction of sp³-hybridized carbons (Fsp3) is 0.333. The number of halogens is 1. The average Bonchev–Trinajstić information content (AvgIpc) is 3.03. The van der Waals surface area contributed by atoms with Gasteiger partial charge >= 0.3 is 0 Å². The highest BCUT2D eigenvalue weighted by Crippen LogP contribution is 2.25. The molecule has 0 saturated carbocycles. The molecule has 0 aliphatic carbocycles. The molecule has 3 aromatic rings. The summed E-state index contributed by atoms with van der Waals surface area (Å²) in [5.74, 6) is 0.0493. The molecule has 0 spiro atoms. The normalized spacial score (nSPS) is 11.4. The van der Waals surface area contributed by atoms with Crippen LogP contribution in [0.2, 0.25) is 0 Å². The van der Waals surface area contributed by atoms with Gasteiger partial charge in [0.25, 0.3) is 5.91 Å². The highest BCUT2D eigenvalue weighted by Gasteiger charge is 2.20. The number of fused-ring (bicyclic) bond motifs is 1. The lowest BCUT2D eigenvalue weighted by molar-refractivity contribution is 0.102. The molecule has 23 heavy (non-hydrogen) atoms.